The summed E-state index contributed by atoms with van der Waals surface area (Å²) in [5.74, 6) is 0. The average molecular weight is 330 g/mol. The Morgan fingerprint density at radius 1 is 1.06 bits per heavy atom. The number of hydrogen-bond acceptors (Lipinski definition) is 0. The molecule has 0 spiro atoms. The van der Waals surface area contributed by atoms with Gasteiger partial charge in [0, 0.05) is 9.50 Å². The Hall–Kier alpha value is -0.500. The maximum atomic E-state index is 6.39. The van der Waals surface area contributed by atoms with E-state index in [9.17, 15) is 0 Å². The van der Waals surface area contributed by atoms with E-state index >= 15 is 0 Å². The number of rotatable bonds is 3. The van der Waals surface area contributed by atoms with E-state index in [1.165, 1.54) is 5.56 Å². The third-order valence-electron chi connectivity index (χ3n) is 2.51. The van der Waals surface area contributed by atoms with Crippen molar-refractivity contribution in [3.63, 3.8) is 0 Å². The molecule has 0 aliphatic heterocycles. The van der Waals surface area contributed by atoms with E-state index < -0.39 is 0 Å². The highest BCUT2D eigenvalue weighted by Gasteiger charge is 2.09. The monoisotopic (exact) mass is 328 g/mol. The van der Waals surface area contributed by atoms with E-state index in [2.05, 4.69) is 28.1 Å². The molecule has 0 radical (unpaired) electrons. The molecule has 0 N–H and O–H groups in total. The summed E-state index contributed by atoms with van der Waals surface area (Å²) in [6.45, 7) is 0. The van der Waals surface area contributed by atoms with Gasteiger partial charge in [0.25, 0.3) is 0 Å². The Balaban J connectivity index is 2.14. The molecule has 0 saturated carbocycles. The summed E-state index contributed by atoms with van der Waals surface area (Å²) < 4.78 is 1.07. The van der Waals surface area contributed by atoms with Gasteiger partial charge in [0.1, 0.15) is 0 Å². The van der Waals surface area contributed by atoms with Crippen molar-refractivity contribution in [2.75, 3.05) is 0 Å². The molecule has 1 unspecified atom stereocenters. The molecule has 88 valence electrons. The molecule has 0 saturated heterocycles. The van der Waals surface area contributed by atoms with Gasteiger partial charge in [-0.2, -0.15) is 0 Å². The summed E-state index contributed by atoms with van der Waals surface area (Å²) in [4.78, 5) is 0. The van der Waals surface area contributed by atoms with Crippen molar-refractivity contribution < 1.29 is 0 Å². The lowest BCUT2D eigenvalue weighted by molar-refractivity contribution is 0.919. The van der Waals surface area contributed by atoms with Gasteiger partial charge in [0.15, 0.2) is 0 Å². The highest BCUT2D eigenvalue weighted by atomic mass is 79.9. The maximum Gasteiger partial charge on any atom is 0.0626 e. The number of halogens is 3. The fraction of sp³-hybridized carbons (Fsp3) is 0.143. The Bertz CT molecular complexity index is 511. The number of alkyl halides is 1. The third-order valence-corrected chi connectivity index (χ3v) is 3.65. The summed E-state index contributed by atoms with van der Waals surface area (Å²) >= 11 is 15.8. The summed E-state index contributed by atoms with van der Waals surface area (Å²) in [5, 5.41) is 0.672. The van der Waals surface area contributed by atoms with Crippen LogP contribution in [0.5, 0.6) is 0 Å². The second-order valence-electron chi connectivity index (χ2n) is 3.86. The van der Waals surface area contributed by atoms with Gasteiger partial charge in [-0.15, -0.1) is 11.6 Å². The molecule has 0 aliphatic carbocycles. The summed E-state index contributed by atoms with van der Waals surface area (Å²) in [7, 11) is 0. The van der Waals surface area contributed by atoms with Crippen molar-refractivity contribution >= 4 is 39.1 Å². The average Bonchev–Trinajstić information content (AvgIpc) is 2.29. The Morgan fingerprint density at radius 2 is 1.82 bits per heavy atom. The molecule has 3 heteroatoms. The molecule has 0 aliphatic rings. The minimum Gasteiger partial charge on any atom is -0.117 e. The fourth-order valence-electron chi connectivity index (χ4n) is 1.69. The zero-order chi connectivity index (χ0) is 12.3. The van der Waals surface area contributed by atoms with E-state index in [0.717, 1.165) is 21.5 Å². The topological polar surface area (TPSA) is 0 Å². The first-order valence-corrected chi connectivity index (χ1v) is 6.90. The van der Waals surface area contributed by atoms with Gasteiger partial charge in [-0.3, -0.25) is 0 Å². The molecule has 2 rings (SSSR count). The van der Waals surface area contributed by atoms with Crippen LogP contribution in [0, 0.1) is 0 Å². The molecule has 0 aromatic heterocycles. The van der Waals surface area contributed by atoms with Gasteiger partial charge < -0.3 is 0 Å². The van der Waals surface area contributed by atoms with Crippen LogP contribution in [0.1, 0.15) is 16.5 Å². The van der Waals surface area contributed by atoms with Crippen molar-refractivity contribution in [2.24, 2.45) is 0 Å². The summed E-state index contributed by atoms with van der Waals surface area (Å²) in [6.07, 6.45) is 0.793. The lowest BCUT2D eigenvalue weighted by atomic mass is 10.0. The van der Waals surface area contributed by atoms with Gasteiger partial charge in [0.05, 0.1) is 5.38 Å². The van der Waals surface area contributed by atoms with E-state index in [4.69, 9.17) is 23.2 Å². The SMILES string of the molecule is Clc1cccc(C(Cl)Cc2cccc(Br)c2)c1. The highest BCUT2D eigenvalue weighted by molar-refractivity contribution is 9.10. The van der Waals surface area contributed by atoms with Crippen LogP contribution in [0.3, 0.4) is 0 Å². The molecular weight excluding hydrogens is 319 g/mol. The van der Waals surface area contributed by atoms with E-state index in [0.29, 0.717) is 0 Å². The lowest BCUT2D eigenvalue weighted by Crippen LogP contribution is -1.95. The molecular formula is C14H11BrCl2. The summed E-state index contributed by atoms with van der Waals surface area (Å²) in [6, 6.07) is 15.9. The Kier molecular flexibility index (Phi) is 4.49. The lowest BCUT2D eigenvalue weighted by Gasteiger charge is -2.10. The minimum atomic E-state index is -0.0528. The van der Waals surface area contributed by atoms with Crippen LogP contribution in [0.15, 0.2) is 53.0 Å². The third kappa shape index (κ3) is 3.74. The van der Waals surface area contributed by atoms with Crippen molar-refractivity contribution in [3.05, 3.63) is 69.2 Å². The van der Waals surface area contributed by atoms with Crippen molar-refractivity contribution in [2.45, 2.75) is 11.8 Å². The standard InChI is InChI=1S/C14H11BrCl2/c15-12-5-1-3-10(7-12)8-14(17)11-4-2-6-13(16)9-11/h1-7,9,14H,8H2. The first kappa shape index (κ1) is 12.9. The second kappa shape index (κ2) is 5.90. The zero-order valence-corrected chi connectivity index (χ0v) is 12.1. The maximum absolute atomic E-state index is 6.39. The van der Waals surface area contributed by atoms with Gasteiger partial charge in [-0.05, 0) is 41.8 Å². The van der Waals surface area contributed by atoms with Crippen molar-refractivity contribution in [1.82, 2.24) is 0 Å². The molecule has 0 nitrogen and oxygen atoms in total. The molecule has 2 aromatic rings. The number of hydrogen-bond donors (Lipinski definition) is 0. The predicted octanol–water partition coefficient (Wildman–Crippen LogP) is 5.63. The van der Waals surface area contributed by atoms with Crippen LogP contribution in [0.25, 0.3) is 0 Å². The van der Waals surface area contributed by atoms with E-state index in [1.807, 2.05) is 36.4 Å². The van der Waals surface area contributed by atoms with Crippen molar-refractivity contribution in [1.29, 1.82) is 0 Å². The molecule has 0 fully saturated rings. The Labute approximate surface area is 120 Å². The van der Waals surface area contributed by atoms with Gasteiger partial charge in [-0.1, -0.05) is 51.8 Å². The second-order valence-corrected chi connectivity index (χ2v) is 5.74. The normalized spacial score (nSPS) is 12.4. The largest absolute Gasteiger partial charge is 0.117 e. The van der Waals surface area contributed by atoms with Gasteiger partial charge in [-0.25, -0.2) is 0 Å². The van der Waals surface area contributed by atoms with Crippen LogP contribution in [-0.4, -0.2) is 0 Å². The van der Waals surface area contributed by atoms with Gasteiger partial charge in [0.2, 0.25) is 0 Å². The van der Waals surface area contributed by atoms with E-state index in [-0.39, 0.29) is 5.38 Å². The van der Waals surface area contributed by atoms with Crippen LogP contribution >= 0.6 is 39.1 Å². The minimum absolute atomic E-state index is 0.0528. The van der Waals surface area contributed by atoms with E-state index in [1.54, 1.807) is 0 Å². The van der Waals surface area contributed by atoms with Crippen LogP contribution < -0.4 is 0 Å². The highest BCUT2D eigenvalue weighted by Crippen LogP contribution is 2.27. The molecule has 17 heavy (non-hydrogen) atoms. The molecule has 2 aromatic carbocycles. The van der Waals surface area contributed by atoms with Crippen LogP contribution in [0.4, 0.5) is 0 Å². The first-order valence-electron chi connectivity index (χ1n) is 5.29. The summed E-state index contributed by atoms with van der Waals surface area (Å²) in [5.41, 5.74) is 2.26. The van der Waals surface area contributed by atoms with Crippen LogP contribution in [0.2, 0.25) is 5.02 Å². The number of benzene rings is 2. The molecule has 0 bridgehead atoms. The molecule has 0 amide bonds. The van der Waals surface area contributed by atoms with Crippen molar-refractivity contribution in [3.8, 4) is 0 Å². The quantitative estimate of drug-likeness (QED) is 0.640. The fourth-order valence-corrected chi connectivity index (χ4v) is 2.65. The first-order chi connectivity index (χ1) is 8.15. The molecule has 1 atom stereocenters. The zero-order valence-electron chi connectivity index (χ0n) is 9.04. The Morgan fingerprint density at radius 3 is 2.53 bits per heavy atom. The van der Waals surface area contributed by atoms with Gasteiger partial charge >= 0.3 is 0 Å². The smallest absolute Gasteiger partial charge is 0.0626 e. The van der Waals surface area contributed by atoms with Crippen LogP contribution in [-0.2, 0) is 6.42 Å². The molecule has 0 heterocycles. The predicted molar refractivity (Wildman–Crippen MR) is 77.9 cm³/mol.